The number of allylic oxidation sites excluding steroid dienone is 1. The number of methoxy groups -OCH3 is 1. The standard InChI is InChI=1S/C25H19BrN2O2/c1-30-23-13-10-18(11-14-23)24(29)15-12-20-17-28(22-8-3-2-4-9-22)27-25(20)19-6-5-7-21(26)16-19/h2-17H,1H3/b15-12-. The van der Waals surface area contributed by atoms with Crippen LogP contribution in [0.1, 0.15) is 15.9 Å². The number of carbonyl (C=O) groups excluding carboxylic acids is 1. The van der Waals surface area contributed by atoms with Crippen molar-refractivity contribution in [1.29, 1.82) is 0 Å². The maximum absolute atomic E-state index is 12.6. The van der Waals surface area contributed by atoms with Crippen molar-refractivity contribution in [1.82, 2.24) is 9.78 Å². The number of rotatable bonds is 6. The summed E-state index contributed by atoms with van der Waals surface area (Å²) in [5, 5.41) is 4.78. The van der Waals surface area contributed by atoms with Gasteiger partial charge in [-0.3, -0.25) is 4.79 Å². The van der Waals surface area contributed by atoms with Crippen LogP contribution < -0.4 is 4.74 Å². The summed E-state index contributed by atoms with van der Waals surface area (Å²) in [5.41, 5.74) is 4.19. The lowest BCUT2D eigenvalue weighted by atomic mass is 10.1. The highest BCUT2D eigenvalue weighted by Crippen LogP contribution is 2.27. The molecule has 0 aliphatic rings. The van der Waals surface area contributed by atoms with Crippen LogP contribution in [0.4, 0.5) is 0 Å². The second-order valence-electron chi connectivity index (χ2n) is 6.65. The van der Waals surface area contributed by atoms with Crippen LogP contribution in [-0.4, -0.2) is 22.7 Å². The number of aromatic nitrogens is 2. The zero-order valence-electron chi connectivity index (χ0n) is 16.3. The van der Waals surface area contributed by atoms with Gasteiger partial charge in [-0.15, -0.1) is 0 Å². The maximum atomic E-state index is 12.6. The highest BCUT2D eigenvalue weighted by molar-refractivity contribution is 9.10. The summed E-state index contributed by atoms with van der Waals surface area (Å²) in [6.07, 6.45) is 5.33. The Kier molecular flexibility index (Phi) is 5.91. The van der Waals surface area contributed by atoms with Gasteiger partial charge in [0.25, 0.3) is 0 Å². The third-order valence-electron chi connectivity index (χ3n) is 4.65. The first kappa shape index (κ1) is 19.9. The summed E-state index contributed by atoms with van der Waals surface area (Å²) >= 11 is 3.52. The Hall–Kier alpha value is -3.44. The second-order valence-corrected chi connectivity index (χ2v) is 7.57. The number of ether oxygens (including phenoxy) is 1. The van der Waals surface area contributed by atoms with E-state index >= 15 is 0 Å². The lowest BCUT2D eigenvalue weighted by Gasteiger charge is -2.01. The lowest BCUT2D eigenvalue weighted by molar-refractivity contribution is 0.104. The van der Waals surface area contributed by atoms with E-state index in [0.717, 1.165) is 32.7 Å². The molecule has 0 saturated heterocycles. The minimum atomic E-state index is -0.0784. The minimum absolute atomic E-state index is 0.0784. The second kappa shape index (κ2) is 8.93. The smallest absolute Gasteiger partial charge is 0.185 e. The molecule has 0 unspecified atom stereocenters. The number of nitrogens with zero attached hydrogens (tertiary/aromatic N) is 2. The van der Waals surface area contributed by atoms with Gasteiger partial charge in [0.15, 0.2) is 5.78 Å². The van der Waals surface area contributed by atoms with Crippen molar-refractivity contribution >= 4 is 27.8 Å². The molecule has 0 saturated carbocycles. The van der Waals surface area contributed by atoms with Crippen LogP contribution in [-0.2, 0) is 0 Å². The first-order chi connectivity index (χ1) is 14.6. The van der Waals surface area contributed by atoms with Crippen LogP contribution in [0.5, 0.6) is 5.75 Å². The van der Waals surface area contributed by atoms with Crippen LogP contribution >= 0.6 is 15.9 Å². The number of ketones is 1. The number of halogens is 1. The van der Waals surface area contributed by atoms with Crippen molar-refractivity contribution in [2.24, 2.45) is 0 Å². The third-order valence-corrected chi connectivity index (χ3v) is 5.14. The molecule has 5 heteroatoms. The quantitative estimate of drug-likeness (QED) is 0.255. The fourth-order valence-electron chi connectivity index (χ4n) is 3.10. The number of carbonyl (C=O) groups is 1. The van der Waals surface area contributed by atoms with Gasteiger partial charge in [0.1, 0.15) is 5.75 Å². The van der Waals surface area contributed by atoms with Crippen molar-refractivity contribution in [3.63, 3.8) is 0 Å². The Morgan fingerprint density at radius 3 is 2.47 bits per heavy atom. The van der Waals surface area contributed by atoms with Gasteiger partial charge in [-0.2, -0.15) is 5.10 Å². The van der Waals surface area contributed by atoms with E-state index in [9.17, 15) is 4.79 Å². The molecular formula is C25H19BrN2O2. The Morgan fingerprint density at radius 2 is 1.77 bits per heavy atom. The van der Waals surface area contributed by atoms with Gasteiger partial charge in [-0.1, -0.05) is 46.3 Å². The molecular weight excluding hydrogens is 440 g/mol. The largest absolute Gasteiger partial charge is 0.497 e. The van der Waals surface area contributed by atoms with Gasteiger partial charge in [-0.05, 0) is 60.7 Å². The molecule has 1 heterocycles. The number of hydrogen-bond acceptors (Lipinski definition) is 3. The predicted molar refractivity (Wildman–Crippen MR) is 123 cm³/mol. The normalized spacial score (nSPS) is 11.0. The fourth-order valence-corrected chi connectivity index (χ4v) is 3.50. The van der Waals surface area contributed by atoms with Crippen molar-refractivity contribution in [3.05, 3.63) is 107 Å². The summed E-state index contributed by atoms with van der Waals surface area (Å²) in [7, 11) is 1.60. The van der Waals surface area contributed by atoms with E-state index < -0.39 is 0 Å². The molecule has 3 aromatic carbocycles. The van der Waals surface area contributed by atoms with Crippen LogP contribution in [0, 0.1) is 0 Å². The van der Waals surface area contributed by atoms with Gasteiger partial charge in [0, 0.05) is 27.4 Å². The van der Waals surface area contributed by atoms with Crippen molar-refractivity contribution in [2.75, 3.05) is 7.11 Å². The molecule has 1 aromatic heterocycles. The molecule has 0 radical (unpaired) electrons. The van der Waals surface area contributed by atoms with E-state index in [1.165, 1.54) is 0 Å². The zero-order valence-corrected chi connectivity index (χ0v) is 17.9. The molecule has 0 spiro atoms. The van der Waals surface area contributed by atoms with Gasteiger partial charge in [0.05, 0.1) is 18.5 Å². The van der Waals surface area contributed by atoms with Crippen molar-refractivity contribution < 1.29 is 9.53 Å². The molecule has 30 heavy (non-hydrogen) atoms. The summed E-state index contributed by atoms with van der Waals surface area (Å²) in [6, 6.07) is 24.9. The molecule has 0 bridgehead atoms. The average Bonchev–Trinajstić information content (AvgIpc) is 3.22. The minimum Gasteiger partial charge on any atom is -0.497 e. The summed E-state index contributed by atoms with van der Waals surface area (Å²) in [6.45, 7) is 0. The molecule has 4 aromatic rings. The maximum Gasteiger partial charge on any atom is 0.185 e. The average molecular weight is 459 g/mol. The van der Waals surface area contributed by atoms with E-state index in [-0.39, 0.29) is 5.78 Å². The van der Waals surface area contributed by atoms with E-state index in [0.29, 0.717) is 5.56 Å². The first-order valence-electron chi connectivity index (χ1n) is 9.41. The Bertz CT molecular complexity index is 1200. The zero-order chi connectivity index (χ0) is 20.9. The molecule has 0 fully saturated rings. The SMILES string of the molecule is COc1ccc(C(=O)/C=C\c2cn(-c3ccccc3)nc2-c2cccc(Br)c2)cc1. The van der Waals surface area contributed by atoms with Crippen LogP contribution in [0.15, 0.2) is 95.6 Å². The number of benzene rings is 3. The van der Waals surface area contributed by atoms with Crippen molar-refractivity contribution in [2.45, 2.75) is 0 Å². The summed E-state index contributed by atoms with van der Waals surface area (Å²) in [4.78, 5) is 12.6. The van der Waals surface area contributed by atoms with Crippen molar-refractivity contribution in [3.8, 4) is 22.7 Å². The molecule has 0 aliphatic heterocycles. The molecule has 4 rings (SSSR count). The Labute approximate surface area is 183 Å². The van der Waals surface area contributed by atoms with Gasteiger partial charge in [-0.25, -0.2) is 4.68 Å². The van der Waals surface area contributed by atoms with E-state index in [2.05, 4.69) is 15.9 Å². The summed E-state index contributed by atoms with van der Waals surface area (Å²) < 4.78 is 7.95. The topological polar surface area (TPSA) is 44.1 Å². The van der Waals surface area contributed by atoms with Gasteiger partial charge >= 0.3 is 0 Å². The van der Waals surface area contributed by atoms with E-state index in [1.54, 1.807) is 37.5 Å². The molecule has 0 N–H and O–H groups in total. The number of para-hydroxylation sites is 1. The lowest BCUT2D eigenvalue weighted by Crippen LogP contribution is -1.94. The fraction of sp³-hybridized carbons (Fsp3) is 0.0400. The molecule has 0 amide bonds. The predicted octanol–water partition coefficient (Wildman–Crippen LogP) is 6.21. The van der Waals surface area contributed by atoms with Crippen LogP contribution in [0.3, 0.4) is 0 Å². The molecule has 4 nitrogen and oxygen atoms in total. The Morgan fingerprint density at radius 1 is 1.00 bits per heavy atom. The van der Waals surface area contributed by atoms with Crippen LogP contribution in [0.25, 0.3) is 23.0 Å². The first-order valence-corrected chi connectivity index (χ1v) is 10.2. The van der Waals surface area contributed by atoms with Gasteiger partial charge < -0.3 is 4.74 Å². The molecule has 0 atom stereocenters. The van der Waals surface area contributed by atoms with E-state index in [1.807, 2.05) is 71.6 Å². The van der Waals surface area contributed by atoms with Gasteiger partial charge in [0.2, 0.25) is 0 Å². The highest BCUT2D eigenvalue weighted by atomic mass is 79.9. The number of hydrogen-bond donors (Lipinski definition) is 0. The van der Waals surface area contributed by atoms with Crippen LogP contribution in [0.2, 0.25) is 0 Å². The third kappa shape index (κ3) is 4.42. The van der Waals surface area contributed by atoms with E-state index in [4.69, 9.17) is 9.84 Å². The molecule has 0 aliphatic carbocycles. The Balaban J connectivity index is 1.71. The molecule has 148 valence electrons. The highest BCUT2D eigenvalue weighted by Gasteiger charge is 2.12. The monoisotopic (exact) mass is 458 g/mol. The summed E-state index contributed by atoms with van der Waals surface area (Å²) in [5.74, 6) is 0.641.